The van der Waals surface area contributed by atoms with E-state index in [1.165, 1.54) is 0 Å². The standard InChI is InChI=1S/C13H30N4O.HI/c1-5-8-15-13(14-6-2)16-9-7-10-17(3)11-12-18-4;/h5-12H2,1-4H3,(H2,14,15,16);1H. The zero-order valence-corrected chi connectivity index (χ0v) is 15.2. The zero-order valence-electron chi connectivity index (χ0n) is 12.9. The maximum atomic E-state index is 5.05. The topological polar surface area (TPSA) is 48.9 Å². The van der Waals surface area contributed by atoms with Crippen LogP contribution in [0, 0.1) is 0 Å². The molecular formula is C13H31IN4O. The van der Waals surface area contributed by atoms with Crippen LogP contribution in [0.5, 0.6) is 0 Å². The summed E-state index contributed by atoms with van der Waals surface area (Å²) in [5.74, 6) is 0.930. The summed E-state index contributed by atoms with van der Waals surface area (Å²) in [5, 5.41) is 6.59. The van der Waals surface area contributed by atoms with E-state index in [-0.39, 0.29) is 24.0 Å². The first kappa shape index (κ1) is 21.2. The molecule has 0 bridgehead atoms. The summed E-state index contributed by atoms with van der Waals surface area (Å²) >= 11 is 0. The second kappa shape index (κ2) is 16.0. The van der Waals surface area contributed by atoms with Crippen LogP contribution < -0.4 is 10.6 Å². The third kappa shape index (κ3) is 14.1. The third-order valence-corrected chi connectivity index (χ3v) is 2.52. The van der Waals surface area contributed by atoms with E-state index in [2.05, 4.69) is 41.4 Å². The Kier molecular flexibility index (Phi) is 17.8. The Bertz CT molecular complexity index is 215. The molecule has 0 aromatic carbocycles. The number of likely N-dealkylation sites (N-methyl/N-ethyl adjacent to an activating group) is 1. The number of ether oxygens (including phenoxy) is 1. The quantitative estimate of drug-likeness (QED) is 0.259. The second-order valence-electron chi connectivity index (χ2n) is 4.34. The van der Waals surface area contributed by atoms with Crippen molar-refractivity contribution in [2.24, 2.45) is 4.99 Å². The Hall–Kier alpha value is -0.0800. The summed E-state index contributed by atoms with van der Waals surface area (Å²) in [4.78, 5) is 6.74. The van der Waals surface area contributed by atoms with E-state index in [1.807, 2.05) is 0 Å². The Morgan fingerprint density at radius 1 is 1.21 bits per heavy atom. The van der Waals surface area contributed by atoms with E-state index < -0.39 is 0 Å². The molecule has 0 atom stereocenters. The first-order chi connectivity index (χ1) is 8.74. The number of nitrogens with one attached hydrogen (secondary N) is 2. The number of guanidine groups is 1. The molecule has 0 spiro atoms. The maximum absolute atomic E-state index is 5.05. The van der Waals surface area contributed by atoms with Gasteiger partial charge in [0.2, 0.25) is 0 Å². The molecule has 0 aliphatic rings. The van der Waals surface area contributed by atoms with Gasteiger partial charge in [0.15, 0.2) is 5.96 Å². The number of rotatable bonds is 10. The molecular weight excluding hydrogens is 355 g/mol. The molecule has 0 heterocycles. The average molecular weight is 386 g/mol. The van der Waals surface area contributed by atoms with Crippen molar-refractivity contribution >= 4 is 29.9 Å². The van der Waals surface area contributed by atoms with Gasteiger partial charge in [0.1, 0.15) is 0 Å². The summed E-state index contributed by atoms with van der Waals surface area (Å²) in [6.07, 6.45) is 2.19. The van der Waals surface area contributed by atoms with Crippen LogP contribution in [0.2, 0.25) is 0 Å². The first-order valence-electron chi connectivity index (χ1n) is 6.94. The summed E-state index contributed by atoms with van der Waals surface area (Å²) in [6.45, 7) is 9.81. The molecule has 116 valence electrons. The molecule has 0 fully saturated rings. The van der Waals surface area contributed by atoms with Crippen molar-refractivity contribution in [1.29, 1.82) is 0 Å². The van der Waals surface area contributed by atoms with Crippen molar-refractivity contribution in [2.75, 3.05) is 53.5 Å². The highest BCUT2D eigenvalue weighted by Crippen LogP contribution is 1.87. The van der Waals surface area contributed by atoms with Gasteiger partial charge in [-0.25, -0.2) is 0 Å². The molecule has 0 aliphatic heterocycles. The smallest absolute Gasteiger partial charge is 0.191 e. The van der Waals surface area contributed by atoms with Crippen molar-refractivity contribution < 1.29 is 4.74 Å². The van der Waals surface area contributed by atoms with Gasteiger partial charge in [0.25, 0.3) is 0 Å². The van der Waals surface area contributed by atoms with Crippen molar-refractivity contribution in [1.82, 2.24) is 15.5 Å². The predicted octanol–water partition coefficient (Wildman–Crippen LogP) is 1.54. The van der Waals surface area contributed by atoms with Gasteiger partial charge in [-0.2, -0.15) is 0 Å². The van der Waals surface area contributed by atoms with Crippen LogP contribution in [0.15, 0.2) is 4.99 Å². The van der Waals surface area contributed by atoms with E-state index in [1.54, 1.807) is 7.11 Å². The Morgan fingerprint density at radius 3 is 2.53 bits per heavy atom. The van der Waals surface area contributed by atoms with Gasteiger partial charge < -0.3 is 20.3 Å². The minimum absolute atomic E-state index is 0. The predicted molar refractivity (Wildman–Crippen MR) is 93.7 cm³/mol. The fraction of sp³-hybridized carbons (Fsp3) is 0.923. The molecule has 0 aliphatic carbocycles. The molecule has 0 amide bonds. The average Bonchev–Trinajstić information content (AvgIpc) is 2.38. The van der Waals surface area contributed by atoms with E-state index in [0.29, 0.717) is 0 Å². The SMILES string of the molecule is CCCN=C(NCC)NCCCN(C)CCOC.I. The minimum Gasteiger partial charge on any atom is -0.383 e. The van der Waals surface area contributed by atoms with Crippen molar-refractivity contribution in [2.45, 2.75) is 26.7 Å². The molecule has 0 saturated heterocycles. The van der Waals surface area contributed by atoms with Crippen molar-refractivity contribution in [3.05, 3.63) is 0 Å². The number of methoxy groups -OCH3 is 1. The van der Waals surface area contributed by atoms with Gasteiger partial charge >= 0.3 is 0 Å². The molecule has 0 aromatic heterocycles. The number of hydrogen-bond donors (Lipinski definition) is 2. The highest BCUT2D eigenvalue weighted by Gasteiger charge is 1.99. The fourth-order valence-electron chi connectivity index (χ4n) is 1.48. The third-order valence-electron chi connectivity index (χ3n) is 2.52. The lowest BCUT2D eigenvalue weighted by molar-refractivity contribution is 0.161. The van der Waals surface area contributed by atoms with Crippen LogP contribution in [0.4, 0.5) is 0 Å². The Balaban J connectivity index is 0. The lowest BCUT2D eigenvalue weighted by Crippen LogP contribution is -2.38. The highest BCUT2D eigenvalue weighted by molar-refractivity contribution is 14.0. The molecule has 0 unspecified atom stereocenters. The van der Waals surface area contributed by atoms with Gasteiger partial charge in [-0.15, -0.1) is 24.0 Å². The number of hydrogen-bond acceptors (Lipinski definition) is 3. The number of halogens is 1. The van der Waals surface area contributed by atoms with Gasteiger partial charge in [-0.05, 0) is 33.4 Å². The molecule has 0 radical (unpaired) electrons. The second-order valence-corrected chi connectivity index (χ2v) is 4.34. The van der Waals surface area contributed by atoms with Crippen LogP contribution >= 0.6 is 24.0 Å². The van der Waals surface area contributed by atoms with Crippen molar-refractivity contribution in [3.8, 4) is 0 Å². The summed E-state index contributed by atoms with van der Waals surface area (Å²) in [7, 11) is 3.86. The van der Waals surface area contributed by atoms with Gasteiger partial charge in [-0.3, -0.25) is 4.99 Å². The molecule has 2 N–H and O–H groups in total. The highest BCUT2D eigenvalue weighted by atomic mass is 127. The monoisotopic (exact) mass is 386 g/mol. The number of aliphatic imine (C=N–C) groups is 1. The van der Waals surface area contributed by atoms with E-state index in [0.717, 1.165) is 58.1 Å². The maximum Gasteiger partial charge on any atom is 0.191 e. The molecule has 0 aromatic rings. The van der Waals surface area contributed by atoms with Crippen LogP contribution in [0.25, 0.3) is 0 Å². The first-order valence-corrected chi connectivity index (χ1v) is 6.94. The van der Waals surface area contributed by atoms with Gasteiger partial charge in [0.05, 0.1) is 6.61 Å². The molecule has 19 heavy (non-hydrogen) atoms. The van der Waals surface area contributed by atoms with Crippen molar-refractivity contribution in [3.63, 3.8) is 0 Å². The lowest BCUT2D eigenvalue weighted by Gasteiger charge is -2.16. The molecule has 6 heteroatoms. The molecule has 5 nitrogen and oxygen atoms in total. The Morgan fingerprint density at radius 2 is 1.95 bits per heavy atom. The number of nitrogens with zero attached hydrogens (tertiary/aromatic N) is 2. The van der Waals surface area contributed by atoms with E-state index in [9.17, 15) is 0 Å². The molecule has 0 saturated carbocycles. The normalized spacial score (nSPS) is 11.3. The van der Waals surface area contributed by atoms with Crippen LogP contribution in [0.1, 0.15) is 26.7 Å². The van der Waals surface area contributed by atoms with Gasteiger partial charge in [-0.1, -0.05) is 6.92 Å². The van der Waals surface area contributed by atoms with Gasteiger partial charge in [0, 0.05) is 33.3 Å². The van der Waals surface area contributed by atoms with E-state index >= 15 is 0 Å². The zero-order chi connectivity index (χ0) is 13.6. The van der Waals surface area contributed by atoms with Crippen LogP contribution in [0.3, 0.4) is 0 Å². The summed E-state index contributed by atoms with van der Waals surface area (Å²) in [5.41, 5.74) is 0. The summed E-state index contributed by atoms with van der Waals surface area (Å²) in [6, 6.07) is 0. The van der Waals surface area contributed by atoms with E-state index in [4.69, 9.17) is 4.74 Å². The lowest BCUT2D eigenvalue weighted by atomic mass is 10.4. The van der Waals surface area contributed by atoms with Crippen LogP contribution in [-0.2, 0) is 4.74 Å². The largest absolute Gasteiger partial charge is 0.383 e. The fourth-order valence-corrected chi connectivity index (χ4v) is 1.48. The van der Waals surface area contributed by atoms with Crippen LogP contribution in [-0.4, -0.2) is 64.3 Å². The summed E-state index contributed by atoms with van der Waals surface area (Å²) < 4.78 is 5.05. The Labute approximate surface area is 135 Å². The minimum atomic E-state index is 0. The molecule has 0 rings (SSSR count).